The van der Waals surface area contributed by atoms with Crippen LogP contribution in [0.5, 0.6) is 0 Å². The molecule has 2 N–H and O–H groups in total. The van der Waals surface area contributed by atoms with Gasteiger partial charge in [-0.05, 0) is 44.9 Å². The first-order valence-corrected chi connectivity index (χ1v) is 13.4. The van der Waals surface area contributed by atoms with Gasteiger partial charge in [-0.15, -0.1) is 0 Å². The van der Waals surface area contributed by atoms with E-state index in [0.717, 1.165) is 38.5 Å². The van der Waals surface area contributed by atoms with Crippen LogP contribution < -0.4 is 0 Å². The third-order valence-corrected chi connectivity index (χ3v) is 5.41. The van der Waals surface area contributed by atoms with Crippen LogP contribution >= 0.6 is 0 Å². The molecule has 0 bridgehead atoms. The number of carboxylic acid groups (broad SMARTS) is 1. The summed E-state index contributed by atoms with van der Waals surface area (Å²) in [6.07, 6.45) is 27.6. The molecule has 0 radical (unpaired) electrons. The number of aliphatic carboxylic acids is 1. The van der Waals surface area contributed by atoms with Gasteiger partial charge in [0.15, 0.2) is 6.04 Å². The smallest absolute Gasteiger partial charge is 0.362 e. The van der Waals surface area contributed by atoms with E-state index in [1.165, 1.54) is 0 Å². The lowest BCUT2D eigenvalue weighted by Gasteiger charge is -2.31. The summed E-state index contributed by atoms with van der Waals surface area (Å²) in [4.78, 5) is 23.1. The Morgan fingerprint density at radius 3 is 1.81 bits per heavy atom. The number of carboxylic acids is 1. The van der Waals surface area contributed by atoms with Gasteiger partial charge in [-0.1, -0.05) is 67.7 Å². The highest BCUT2D eigenvalue weighted by Gasteiger charge is 2.30. The van der Waals surface area contributed by atoms with Crippen molar-refractivity contribution >= 4 is 11.9 Å². The highest BCUT2D eigenvalue weighted by Crippen LogP contribution is 2.08. The summed E-state index contributed by atoms with van der Waals surface area (Å²) in [5, 5.41) is 19.2. The molecule has 0 saturated heterocycles. The molecule has 0 aliphatic rings. The third-order valence-electron chi connectivity index (χ3n) is 5.41. The average molecular weight is 521 g/mol. The fourth-order valence-electron chi connectivity index (χ4n) is 3.30. The molecule has 0 aromatic carbocycles. The molecule has 0 saturated carbocycles. The third kappa shape index (κ3) is 22.4. The van der Waals surface area contributed by atoms with E-state index >= 15 is 0 Å². The van der Waals surface area contributed by atoms with Crippen molar-refractivity contribution in [3.8, 4) is 0 Å². The molecular formula is C30H50NO6+. The van der Waals surface area contributed by atoms with Crippen molar-refractivity contribution < 1.29 is 33.8 Å². The van der Waals surface area contributed by atoms with Crippen LogP contribution in [0.4, 0.5) is 0 Å². The zero-order valence-electron chi connectivity index (χ0n) is 23.4. The largest absolute Gasteiger partial charge is 0.477 e. The number of hydrogen-bond donors (Lipinski definition) is 2. The van der Waals surface area contributed by atoms with Gasteiger partial charge in [0, 0.05) is 12.8 Å². The van der Waals surface area contributed by atoms with Gasteiger partial charge in [-0.25, -0.2) is 4.79 Å². The lowest BCUT2D eigenvalue weighted by atomic mass is 10.1. The fourth-order valence-corrected chi connectivity index (χ4v) is 3.30. The Balaban J connectivity index is 3.75. The summed E-state index contributed by atoms with van der Waals surface area (Å²) in [6, 6.07) is -0.585. The van der Waals surface area contributed by atoms with Crippen LogP contribution in [-0.4, -0.2) is 79.7 Å². The van der Waals surface area contributed by atoms with Crippen LogP contribution in [0.2, 0.25) is 0 Å². The Morgan fingerprint density at radius 2 is 1.32 bits per heavy atom. The number of esters is 1. The molecule has 0 aromatic heterocycles. The quantitative estimate of drug-likeness (QED) is 0.0862. The van der Waals surface area contributed by atoms with Gasteiger partial charge >= 0.3 is 11.9 Å². The molecule has 0 fully saturated rings. The molecule has 37 heavy (non-hydrogen) atoms. The molecule has 7 heteroatoms. The Hall–Kier alpha value is -2.48. The Morgan fingerprint density at radius 1 is 0.811 bits per heavy atom. The Bertz CT molecular complexity index is 746. The Labute approximate surface area is 224 Å². The maximum absolute atomic E-state index is 11.8. The van der Waals surface area contributed by atoms with Crippen LogP contribution in [0.25, 0.3) is 0 Å². The Kier molecular flexibility index (Phi) is 21.2. The molecule has 0 aromatic rings. The zero-order chi connectivity index (χ0) is 27.8. The molecule has 7 nitrogen and oxygen atoms in total. The van der Waals surface area contributed by atoms with Crippen LogP contribution in [0.15, 0.2) is 60.8 Å². The second-order valence-electron chi connectivity index (χ2n) is 9.77. The number of aliphatic hydroxyl groups excluding tert-OH is 1. The maximum Gasteiger partial charge on any atom is 0.362 e. The number of unbranched alkanes of at least 4 members (excludes halogenated alkanes) is 1. The molecule has 0 heterocycles. The van der Waals surface area contributed by atoms with Gasteiger partial charge in [0.05, 0.1) is 34.4 Å². The molecule has 0 aliphatic heterocycles. The van der Waals surface area contributed by atoms with Crippen molar-refractivity contribution in [1.82, 2.24) is 0 Å². The lowest BCUT2D eigenvalue weighted by Crippen LogP contribution is -2.50. The number of carbonyl (C=O) groups is 2. The summed E-state index contributed by atoms with van der Waals surface area (Å²) in [6.45, 7) is 2.22. The van der Waals surface area contributed by atoms with E-state index < -0.39 is 18.1 Å². The van der Waals surface area contributed by atoms with Gasteiger partial charge in [0.1, 0.15) is 12.7 Å². The van der Waals surface area contributed by atoms with E-state index in [0.29, 0.717) is 23.7 Å². The van der Waals surface area contributed by atoms with Gasteiger partial charge < -0.3 is 24.2 Å². The van der Waals surface area contributed by atoms with Crippen LogP contribution in [0.3, 0.4) is 0 Å². The summed E-state index contributed by atoms with van der Waals surface area (Å²) in [7, 11) is 5.44. The van der Waals surface area contributed by atoms with Crippen molar-refractivity contribution in [3.05, 3.63) is 60.8 Å². The molecule has 0 rings (SSSR count). The number of allylic oxidation sites excluding steroid dienone is 10. The summed E-state index contributed by atoms with van der Waals surface area (Å²) >= 11 is 0. The van der Waals surface area contributed by atoms with Crippen molar-refractivity contribution in [3.63, 3.8) is 0 Å². The number of rotatable bonds is 22. The number of aliphatic hydroxyl groups is 1. The topological polar surface area (TPSA) is 93.1 Å². The number of quaternary nitrogens is 1. The van der Waals surface area contributed by atoms with Crippen molar-refractivity contribution in [2.75, 3.05) is 41.0 Å². The first-order chi connectivity index (χ1) is 17.7. The first kappa shape index (κ1) is 34.5. The minimum Gasteiger partial charge on any atom is -0.477 e. The number of ether oxygens (including phenoxy) is 2. The molecule has 2 atom stereocenters. The van der Waals surface area contributed by atoms with Gasteiger partial charge in [0.2, 0.25) is 0 Å². The number of likely N-dealkylation sites (N-methyl/N-ethyl adjacent to an activating group) is 1. The van der Waals surface area contributed by atoms with E-state index in [2.05, 4.69) is 67.7 Å². The second-order valence-corrected chi connectivity index (χ2v) is 9.77. The molecule has 0 amide bonds. The van der Waals surface area contributed by atoms with Crippen LogP contribution in [0, 0.1) is 0 Å². The average Bonchev–Trinajstić information content (AvgIpc) is 2.83. The SMILES string of the molecule is CC/C=C/C/C=C/C/C=C/C/C=C/C/C=C/CCCC(=O)OCC(O)COCCC(C(=O)O)[N+](C)(C)C. The van der Waals surface area contributed by atoms with Gasteiger partial charge in [-0.2, -0.15) is 0 Å². The summed E-state index contributed by atoms with van der Waals surface area (Å²) in [5.41, 5.74) is 0. The van der Waals surface area contributed by atoms with Gasteiger partial charge in [0.25, 0.3) is 0 Å². The minimum atomic E-state index is -0.928. The molecule has 0 aliphatic carbocycles. The highest BCUT2D eigenvalue weighted by atomic mass is 16.5. The minimum absolute atomic E-state index is 0.00318. The standard InChI is InChI=1S/C30H49NO6/c1-5-6-7-8-9-10-11-12-13-14-15-16-17-18-19-20-21-22-29(33)37-26-27(32)25-36-24-23-28(30(34)35)31(2,3)4/h6-7,9-10,12-13,15-16,18-19,27-28,32H,5,8,11,14,17,20-26H2,1-4H3/p+1/b7-6+,10-9+,13-12+,16-15+,19-18+. The molecule has 0 spiro atoms. The summed E-state index contributed by atoms with van der Waals surface area (Å²) in [5.74, 6) is -1.22. The van der Waals surface area contributed by atoms with Crippen LogP contribution in [-0.2, 0) is 19.1 Å². The predicted molar refractivity (Wildman–Crippen MR) is 150 cm³/mol. The van der Waals surface area contributed by atoms with Crippen molar-refractivity contribution in [2.45, 2.75) is 76.9 Å². The van der Waals surface area contributed by atoms with E-state index in [9.17, 15) is 19.8 Å². The fraction of sp³-hybridized carbons (Fsp3) is 0.600. The zero-order valence-corrected chi connectivity index (χ0v) is 23.4. The molecule has 210 valence electrons. The molecule has 2 unspecified atom stereocenters. The monoisotopic (exact) mass is 520 g/mol. The van der Waals surface area contributed by atoms with Gasteiger partial charge in [-0.3, -0.25) is 4.79 Å². The summed E-state index contributed by atoms with van der Waals surface area (Å²) < 4.78 is 10.7. The number of carbonyl (C=O) groups excluding carboxylic acids is 1. The first-order valence-electron chi connectivity index (χ1n) is 13.4. The van der Waals surface area contributed by atoms with E-state index in [-0.39, 0.29) is 25.8 Å². The van der Waals surface area contributed by atoms with E-state index in [4.69, 9.17) is 9.47 Å². The van der Waals surface area contributed by atoms with Crippen LogP contribution in [0.1, 0.15) is 64.7 Å². The second kappa shape index (κ2) is 22.7. The van der Waals surface area contributed by atoms with E-state index in [1.54, 1.807) is 0 Å². The predicted octanol–water partition coefficient (Wildman–Crippen LogP) is 5.38. The highest BCUT2D eigenvalue weighted by molar-refractivity contribution is 5.72. The maximum atomic E-state index is 11.8. The number of hydrogen-bond acceptors (Lipinski definition) is 5. The van der Waals surface area contributed by atoms with Crippen molar-refractivity contribution in [2.24, 2.45) is 0 Å². The molecular weight excluding hydrogens is 470 g/mol. The van der Waals surface area contributed by atoms with E-state index in [1.807, 2.05) is 21.1 Å². The normalized spacial score (nSPS) is 14.5. The number of nitrogens with zero attached hydrogens (tertiary/aromatic N) is 1. The lowest BCUT2D eigenvalue weighted by molar-refractivity contribution is -0.887. The van der Waals surface area contributed by atoms with Crippen molar-refractivity contribution in [1.29, 1.82) is 0 Å².